The molecule has 29 heavy (non-hydrogen) atoms. The number of hydrogen-bond acceptors (Lipinski definition) is 5. The number of carbonyl (C=O) groups excluding carboxylic acids is 2. The van der Waals surface area contributed by atoms with Crippen LogP contribution in [0.1, 0.15) is 46.0 Å². The van der Waals surface area contributed by atoms with Crippen LogP contribution in [-0.4, -0.2) is 58.9 Å². The first kappa shape index (κ1) is 21.4. The lowest BCUT2D eigenvalue weighted by atomic mass is 9.97. The van der Waals surface area contributed by atoms with Gasteiger partial charge in [0.1, 0.15) is 11.8 Å². The summed E-state index contributed by atoms with van der Waals surface area (Å²) >= 11 is 0. The molecule has 2 amide bonds. The highest BCUT2D eigenvalue weighted by atomic mass is 16.5. The van der Waals surface area contributed by atoms with Crippen molar-refractivity contribution >= 4 is 17.6 Å². The van der Waals surface area contributed by atoms with Gasteiger partial charge in [-0.1, -0.05) is 25.7 Å². The summed E-state index contributed by atoms with van der Waals surface area (Å²) in [4.78, 5) is 27.2. The second kappa shape index (κ2) is 9.91. The summed E-state index contributed by atoms with van der Waals surface area (Å²) in [5.41, 5.74) is 0. The molecule has 1 aliphatic heterocycles. The zero-order valence-electron chi connectivity index (χ0n) is 17.6. The van der Waals surface area contributed by atoms with Crippen LogP contribution in [0, 0.1) is 5.92 Å². The van der Waals surface area contributed by atoms with Gasteiger partial charge in [0.05, 0.1) is 32.9 Å². The van der Waals surface area contributed by atoms with Crippen molar-refractivity contribution < 1.29 is 19.1 Å². The average molecular weight is 405 g/mol. The van der Waals surface area contributed by atoms with Crippen LogP contribution in [-0.2, 0) is 25.6 Å². The minimum atomic E-state index is -0.524. The van der Waals surface area contributed by atoms with Gasteiger partial charge < -0.3 is 19.7 Å². The van der Waals surface area contributed by atoms with Crippen LogP contribution in [0.15, 0.2) is 24.1 Å². The van der Waals surface area contributed by atoms with E-state index in [1.807, 2.05) is 20.0 Å². The molecule has 0 saturated heterocycles. The molecule has 1 atom stereocenters. The molecule has 1 saturated carbocycles. The molecule has 0 radical (unpaired) electrons. The van der Waals surface area contributed by atoms with E-state index >= 15 is 0 Å². The Morgan fingerprint density at radius 1 is 1.34 bits per heavy atom. The van der Waals surface area contributed by atoms with E-state index in [2.05, 4.69) is 10.4 Å². The molecule has 160 valence electrons. The monoisotopic (exact) mass is 404 g/mol. The predicted octanol–water partition coefficient (Wildman–Crippen LogP) is 2.57. The lowest BCUT2D eigenvalue weighted by molar-refractivity contribution is -0.134. The van der Waals surface area contributed by atoms with E-state index in [0.29, 0.717) is 43.6 Å². The van der Waals surface area contributed by atoms with Crippen molar-refractivity contribution in [3.63, 3.8) is 0 Å². The number of carbonyl (C=O) groups is 2. The van der Waals surface area contributed by atoms with Crippen LogP contribution in [0.25, 0.3) is 0 Å². The third-order valence-corrected chi connectivity index (χ3v) is 5.53. The maximum absolute atomic E-state index is 13.1. The van der Waals surface area contributed by atoms with Crippen molar-refractivity contribution in [2.75, 3.05) is 25.6 Å². The van der Waals surface area contributed by atoms with E-state index in [9.17, 15) is 9.59 Å². The molecule has 1 N–H and O–H groups in total. The fraction of sp³-hybridized carbons (Fsp3) is 0.667. The number of ether oxygens (including phenoxy) is 2. The Labute approximate surface area is 172 Å². The highest BCUT2D eigenvalue weighted by Crippen LogP contribution is 2.31. The van der Waals surface area contributed by atoms with Crippen molar-refractivity contribution in [1.82, 2.24) is 14.7 Å². The van der Waals surface area contributed by atoms with Gasteiger partial charge in [-0.2, -0.15) is 5.10 Å². The van der Waals surface area contributed by atoms with E-state index in [0.717, 1.165) is 12.8 Å². The molecular formula is C21H32N4O4. The first-order valence-electron chi connectivity index (χ1n) is 10.5. The molecule has 3 rings (SSSR count). The number of amides is 2. The molecule has 0 aromatic carbocycles. The second-order valence-electron chi connectivity index (χ2n) is 8.06. The number of rotatable bonds is 10. The lowest BCUT2D eigenvalue weighted by Crippen LogP contribution is -2.46. The van der Waals surface area contributed by atoms with Gasteiger partial charge in [0.15, 0.2) is 5.82 Å². The molecular weight excluding hydrogens is 372 g/mol. The van der Waals surface area contributed by atoms with Gasteiger partial charge >= 0.3 is 0 Å². The van der Waals surface area contributed by atoms with Gasteiger partial charge in [0.2, 0.25) is 5.91 Å². The van der Waals surface area contributed by atoms with Crippen LogP contribution < -0.4 is 5.32 Å². The molecule has 2 heterocycles. The van der Waals surface area contributed by atoms with Gasteiger partial charge in [-0.25, -0.2) is 0 Å². The Balaban J connectivity index is 1.63. The van der Waals surface area contributed by atoms with E-state index in [4.69, 9.17) is 9.47 Å². The van der Waals surface area contributed by atoms with Crippen LogP contribution in [0.4, 0.5) is 5.82 Å². The van der Waals surface area contributed by atoms with E-state index in [1.165, 1.54) is 18.9 Å². The molecule has 0 unspecified atom stereocenters. The number of methoxy groups -OCH3 is 1. The van der Waals surface area contributed by atoms with E-state index < -0.39 is 6.04 Å². The van der Waals surface area contributed by atoms with E-state index in [-0.39, 0.29) is 17.9 Å². The minimum Gasteiger partial charge on any atom is -0.499 e. The maximum Gasteiger partial charge on any atom is 0.251 e. The van der Waals surface area contributed by atoms with Crippen molar-refractivity contribution in [2.45, 2.75) is 64.6 Å². The zero-order chi connectivity index (χ0) is 20.8. The number of nitrogens with zero attached hydrogens (tertiary/aromatic N) is 3. The Morgan fingerprint density at radius 3 is 2.76 bits per heavy atom. The Morgan fingerprint density at radius 2 is 2.10 bits per heavy atom. The fourth-order valence-electron chi connectivity index (χ4n) is 3.98. The minimum absolute atomic E-state index is 0.170. The normalized spacial score (nSPS) is 18.4. The standard InChI is InChI=1S/C21H32N4O4/c1-15(2)29-11-10-24-9-8-19(23-24)22-21(27)18(12-16-6-4-5-7-16)25-14-17(28-3)13-20(25)26/h8-9,13,15-16,18H,4-7,10-12,14H2,1-3H3,(H,22,23,27)/t18-/m0/s1. The van der Waals surface area contributed by atoms with Crippen LogP contribution in [0.2, 0.25) is 0 Å². The van der Waals surface area contributed by atoms with Gasteiger partial charge in [-0.3, -0.25) is 14.3 Å². The van der Waals surface area contributed by atoms with Crippen molar-refractivity contribution in [1.29, 1.82) is 0 Å². The van der Waals surface area contributed by atoms with Gasteiger partial charge in [0, 0.05) is 18.3 Å². The number of aromatic nitrogens is 2. The molecule has 1 aliphatic carbocycles. The highest BCUT2D eigenvalue weighted by molar-refractivity contribution is 5.99. The fourth-order valence-corrected chi connectivity index (χ4v) is 3.98. The first-order chi connectivity index (χ1) is 14.0. The SMILES string of the molecule is COC1=CC(=O)N([C@@H](CC2CCCC2)C(=O)Nc2ccn(CCOC(C)C)n2)C1. The molecule has 2 aliphatic rings. The van der Waals surface area contributed by atoms with Crippen LogP contribution in [0.3, 0.4) is 0 Å². The maximum atomic E-state index is 13.1. The predicted molar refractivity (Wildman–Crippen MR) is 109 cm³/mol. The molecule has 8 nitrogen and oxygen atoms in total. The molecule has 8 heteroatoms. The highest BCUT2D eigenvalue weighted by Gasteiger charge is 2.36. The summed E-state index contributed by atoms with van der Waals surface area (Å²) in [5, 5.41) is 7.30. The Bertz CT molecular complexity index is 737. The number of anilines is 1. The van der Waals surface area contributed by atoms with Gasteiger partial charge in [-0.15, -0.1) is 0 Å². The van der Waals surface area contributed by atoms with Crippen LogP contribution >= 0.6 is 0 Å². The summed E-state index contributed by atoms with van der Waals surface area (Å²) < 4.78 is 12.5. The van der Waals surface area contributed by atoms with Crippen molar-refractivity contribution in [3.8, 4) is 0 Å². The van der Waals surface area contributed by atoms with Gasteiger partial charge in [0.25, 0.3) is 5.91 Å². The van der Waals surface area contributed by atoms with Crippen LogP contribution in [0.5, 0.6) is 0 Å². The molecule has 1 fully saturated rings. The lowest BCUT2D eigenvalue weighted by Gasteiger charge is -2.28. The summed E-state index contributed by atoms with van der Waals surface area (Å²) in [6.07, 6.45) is 8.74. The number of hydrogen-bond donors (Lipinski definition) is 1. The summed E-state index contributed by atoms with van der Waals surface area (Å²) in [6, 6.07) is 1.24. The smallest absolute Gasteiger partial charge is 0.251 e. The summed E-state index contributed by atoms with van der Waals surface area (Å²) in [5.74, 6) is 1.18. The Kier molecular flexibility index (Phi) is 7.30. The average Bonchev–Trinajstić information content (AvgIpc) is 3.41. The largest absolute Gasteiger partial charge is 0.499 e. The topological polar surface area (TPSA) is 85.7 Å². The second-order valence-corrected chi connectivity index (χ2v) is 8.06. The molecule has 1 aromatic heterocycles. The Hall–Kier alpha value is -2.35. The van der Waals surface area contributed by atoms with Crippen molar-refractivity contribution in [3.05, 3.63) is 24.1 Å². The summed E-state index contributed by atoms with van der Waals surface area (Å²) in [7, 11) is 1.55. The summed E-state index contributed by atoms with van der Waals surface area (Å²) in [6.45, 7) is 5.49. The third kappa shape index (κ3) is 5.82. The third-order valence-electron chi connectivity index (χ3n) is 5.53. The van der Waals surface area contributed by atoms with E-state index in [1.54, 1.807) is 22.8 Å². The molecule has 0 bridgehead atoms. The number of nitrogens with one attached hydrogen (secondary N) is 1. The quantitative estimate of drug-likeness (QED) is 0.648. The molecule has 0 spiro atoms. The van der Waals surface area contributed by atoms with Crippen molar-refractivity contribution in [2.24, 2.45) is 5.92 Å². The molecule has 1 aromatic rings. The van der Waals surface area contributed by atoms with Gasteiger partial charge in [-0.05, 0) is 26.2 Å². The zero-order valence-corrected chi connectivity index (χ0v) is 17.6. The first-order valence-corrected chi connectivity index (χ1v) is 10.5.